The van der Waals surface area contributed by atoms with Gasteiger partial charge >= 0.3 is 0 Å². The molecule has 0 aliphatic rings. The topological polar surface area (TPSA) is 3.24 Å². The van der Waals surface area contributed by atoms with Gasteiger partial charge in [-0.15, -0.1) is 11.3 Å². The summed E-state index contributed by atoms with van der Waals surface area (Å²) >= 11 is 1.91. The molecule has 54 heavy (non-hydrogen) atoms. The van der Waals surface area contributed by atoms with E-state index in [1.807, 2.05) is 11.3 Å². The molecule has 1 heterocycles. The first-order valence-electron chi connectivity index (χ1n) is 18.4. The molecular weight excluding hydrogens is 671 g/mol. The molecule has 0 N–H and O–H groups in total. The van der Waals surface area contributed by atoms with Crippen molar-refractivity contribution < 1.29 is 0 Å². The molecule has 2 heteroatoms. The number of thiophene rings is 1. The summed E-state index contributed by atoms with van der Waals surface area (Å²) in [6.45, 7) is 0. The molecule has 254 valence electrons. The molecule has 0 aliphatic heterocycles. The second-order valence-electron chi connectivity index (χ2n) is 13.7. The zero-order chi connectivity index (χ0) is 35.8. The fraction of sp³-hybridized carbons (Fsp3) is 0. The van der Waals surface area contributed by atoms with Gasteiger partial charge in [0.1, 0.15) is 0 Å². The van der Waals surface area contributed by atoms with E-state index in [4.69, 9.17) is 0 Å². The molecule has 0 radical (unpaired) electrons. The molecule has 0 unspecified atom stereocenters. The molecule has 10 aromatic rings. The third kappa shape index (κ3) is 5.74. The molecule has 0 fully saturated rings. The molecule has 0 saturated heterocycles. The average Bonchev–Trinajstić information content (AvgIpc) is 3.66. The minimum absolute atomic E-state index is 1.11. The number of hydrogen-bond acceptors (Lipinski definition) is 2. The largest absolute Gasteiger partial charge is 0.310 e. The fourth-order valence-corrected chi connectivity index (χ4v) is 9.16. The van der Waals surface area contributed by atoms with Crippen molar-refractivity contribution in [3.63, 3.8) is 0 Å². The summed E-state index contributed by atoms with van der Waals surface area (Å²) in [5.74, 6) is 0. The minimum Gasteiger partial charge on any atom is -0.310 e. The quantitative estimate of drug-likeness (QED) is 0.160. The van der Waals surface area contributed by atoms with Crippen LogP contribution in [0.2, 0.25) is 0 Å². The number of benzene rings is 9. The van der Waals surface area contributed by atoms with E-state index in [1.54, 1.807) is 0 Å². The molecule has 0 aliphatic carbocycles. The van der Waals surface area contributed by atoms with Crippen LogP contribution in [0.1, 0.15) is 0 Å². The van der Waals surface area contributed by atoms with Gasteiger partial charge in [0, 0.05) is 31.5 Å². The maximum absolute atomic E-state index is 2.44. The lowest BCUT2D eigenvalue weighted by atomic mass is 9.97. The van der Waals surface area contributed by atoms with E-state index in [9.17, 15) is 0 Å². The molecule has 0 spiro atoms. The van der Waals surface area contributed by atoms with Crippen LogP contribution in [0.4, 0.5) is 17.1 Å². The van der Waals surface area contributed by atoms with Crippen LogP contribution in [0, 0.1) is 0 Å². The highest BCUT2D eigenvalue weighted by atomic mass is 32.1. The van der Waals surface area contributed by atoms with Crippen molar-refractivity contribution in [1.29, 1.82) is 0 Å². The van der Waals surface area contributed by atoms with E-state index >= 15 is 0 Å². The van der Waals surface area contributed by atoms with Crippen molar-refractivity contribution in [2.24, 2.45) is 0 Å². The van der Waals surface area contributed by atoms with Crippen LogP contribution in [0.25, 0.3) is 75.5 Å². The third-order valence-corrected chi connectivity index (χ3v) is 11.8. The molecule has 0 amide bonds. The van der Waals surface area contributed by atoms with Gasteiger partial charge < -0.3 is 4.90 Å². The van der Waals surface area contributed by atoms with Crippen molar-refractivity contribution in [2.75, 3.05) is 4.90 Å². The van der Waals surface area contributed by atoms with Crippen molar-refractivity contribution in [1.82, 2.24) is 0 Å². The summed E-state index contributed by atoms with van der Waals surface area (Å²) in [5, 5.41) is 5.10. The van der Waals surface area contributed by atoms with E-state index in [-0.39, 0.29) is 0 Å². The van der Waals surface area contributed by atoms with Gasteiger partial charge in [0.15, 0.2) is 0 Å². The van der Waals surface area contributed by atoms with Crippen molar-refractivity contribution in [3.8, 4) is 44.5 Å². The average molecular weight is 706 g/mol. The van der Waals surface area contributed by atoms with Gasteiger partial charge in [-0.1, -0.05) is 182 Å². The van der Waals surface area contributed by atoms with Crippen LogP contribution >= 0.6 is 11.3 Å². The Kier molecular flexibility index (Phi) is 8.09. The second kappa shape index (κ2) is 13.7. The molecular formula is C52H35NS. The second-order valence-corrected chi connectivity index (χ2v) is 14.7. The smallest absolute Gasteiger partial charge is 0.0555 e. The SMILES string of the molecule is c1ccc(-c2ccc(-c3ccc(N(c4ccc(-c5ccccc5)cc4)c4ccc(-c5ccccc5)cc4)c4c3sc3c5ccccc5ccc34)cc2)cc1. The van der Waals surface area contributed by atoms with Crippen molar-refractivity contribution in [2.45, 2.75) is 0 Å². The molecule has 0 atom stereocenters. The van der Waals surface area contributed by atoms with E-state index in [0.29, 0.717) is 0 Å². The van der Waals surface area contributed by atoms with Crippen LogP contribution in [-0.2, 0) is 0 Å². The predicted octanol–water partition coefficient (Wildman–Crippen LogP) is 15.3. The van der Waals surface area contributed by atoms with Gasteiger partial charge in [-0.2, -0.15) is 0 Å². The van der Waals surface area contributed by atoms with Gasteiger partial charge in [-0.25, -0.2) is 0 Å². The summed E-state index contributed by atoms with van der Waals surface area (Å²) < 4.78 is 2.61. The lowest BCUT2D eigenvalue weighted by molar-refractivity contribution is 1.30. The van der Waals surface area contributed by atoms with E-state index in [2.05, 4.69) is 217 Å². The van der Waals surface area contributed by atoms with E-state index < -0.39 is 0 Å². The molecule has 9 aromatic carbocycles. The van der Waals surface area contributed by atoms with E-state index in [1.165, 1.54) is 75.5 Å². The van der Waals surface area contributed by atoms with Gasteiger partial charge in [-0.05, 0) is 85.6 Å². The summed E-state index contributed by atoms with van der Waals surface area (Å²) in [6, 6.07) is 77.0. The lowest BCUT2D eigenvalue weighted by Gasteiger charge is -2.27. The molecule has 0 saturated carbocycles. The molecule has 1 aromatic heterocycles. The Morgan fingerprint density at radius 1 is 0.296 bits per heavy atom. The number of nitrogens with zero attached hydrogens (tertiary/aromatic N) is 1. The van der Waals surface area contributed by atoms with Crippen LogP contribution in [0.5, 0.6) is 0 Å². The van der Waals surface area contributed by atoms with Crippen LogP contribution in [0.3, 0.4) is 0 Å². The molecule has 1 nitrogen and oxygen atoms in total. The first kappa shape index (κ1) is 32.0. The maximum Gasteiger partial charge on any atom is 0.0555 e. The van der Waals surface area contributed by atoms with Crippen LogP contribution in [0.15, 0.2) is 212 Å². The van der Waals surface area contributed by atoms with Crippen molar-refractivity contribution >= 4 is 59.3 Å². The number of anilines is 3. The zero-order valence-corrected chi connectivity index (χ0v) is 30.4. The fourth-order valence-electron chi connectivity index (χ4n) is 7.77. The maximum atomic E-state index is 2.44. The minimum atomic E-state index is 1.11. The third-order valence-electron chi connectivity index (χ3n) is 10.5. The first-order valence-corrected chi connectivity index (χ1v) is 19.2. The normalized spacial score (nSPS) is 11.3. The van der Waals surface area contributed by atoms with Gasteiger partial charge in [-0.3, -0.25) is 0 Å². The Bertz CT molecular complexity index is 2790. The lowest BCUT2D eigenvalue weighted by Crippen LogP contribution is -2.10. The number of hydrogen-bond donors (Lipinski definition) is 0. The summed E-state index contributed by atoms with van der Waals surface area (Å²) in [4.78, 5) is 2.44. The van der Waals surface area contributed by atoms with Crippen LogP contribution < -0.4 is 4.90 Å². The Labute approximate surface area is 319 Å². The Morgan fingerprint density at radius 3 is 1.28 bits per heavy atom. The Hall–Kier alpha value is -6.74. The predicted molar refractivity (Wildman–Crippen MR) is 233 cm³/mol. The Morgan fingerprint density at radius 2 is 0.741 bits per heavy atom. The van der Waals surface area contributed by atoms with Gasteiger partial charge in [0.25, 0.3) is 0 Å². The first-order chi connectivity index (χ1) is 26.8. The van der Waals surface area contributed by atoms with Gasteiger partial charge in [0.05, 0.1) is 5.69 Å². The summed E-state index contributed by atoms with van der Waals surface area (Å²) in [7, 11) is 0. The van der Waals surface area contributed by atoms with Crippen LogP contribution in [-0.4, -0.2) is 0 Å². The molecule has 10 rings (SSSR count). The Balaban J connectivity index is 1.19. The van der Waals surface area contributed by atoms with Crippen molar-refractivity contribution in [3.05, 3.63) is 212 Å². The van der Waals surface area contributed by atoms with Gasteiger partial charge in [0.2, 0.25) is 0 Å². The number of rotatable bonds is 7. The highest BCUT2D eigenvalue weighted by Crippen LogP contribution is 2.50. The summed E-state index contributed by atoms with van der Waals surface area (Å²) in [6.07, 6.45) is 0. The molecule has 0 bridgehead atoms. The summed E-state index contributed by atoms with van der Waals surface area (Å²) in [5.41, 5.74) is 13.1. The standard InChI is InChI=1S/C52H35NS/c1-4-12-36(13-5-1)39-20-22-43(23-21-39)47-34-35-49(50-48-33-28-42-18-10-11-19-46(42)51(48)54-52(47)50)53(44-29-24-40(25-30-44)37-14-6-2-7-15-37)45-31-26-41(27-32-45)38-16-8-3-9-17-38/h1-35H. The monoisotopic (exact) mass is 705 g/mol. The van der Waals surface area contributed by atoms with E-state index in [0.717, 1.165) is 17.1 Å². The number of fused-ring (bicyclic) bond motifs is 5. The highest BCUT2D eigenvalue weighted by molar-refractivity contribution is 7.27. The highest BCUT2D eigenvalue weighted by Gasteiger charge is 2.22. The zero-order valence-electron chi connectivity index (χ0n) is 29.6.